The first-order chi connectivity index (χ1) is 8.22. The Morgan fingerprint density at radius 3 is 2.71 bits per heavy atom. The van der Waals surface area contributed by atoms with Crippen LogP contribution in [0.15, 0.2) is 30.3 Å². The highest BCUT2D eigenvalue weighted by atomic mass is 17.2. The molecule has 94 valence electrons. The highest BCUT2D eigenvalue weighted by Gasteiger charge is 2.14. The van der Waals surface area contributed by atoms with Crippen LogP contribution in [0.3, 0.4) is 0 Å². The Morgan fingerprint density at radius 2 is 2.06 bits per heavy atom. The van der Waals surface area contributed by atoms with Gasteiger partial charge in [0.15, 0.2) is 0 Å². The second-order valence-corrected chi connectivity index (χ2v) is 3.67. The molecule has 0 spiro atoms. The zero-order valence-electron chi connectivity index (χ0n) is 9.93. The first-order valence-electron chi connectivity index (χ1n) is 5.40. The average molecular weight is 240 g/mol. The van der Waals surface area contributed by atoms with Crippen LogP contribution >= 0.6 is 0 Å². The number of rotatable bonds is 7. The average Bonchev–Trinajstić information content (AvgIpc) is 2.35. The van der Waals surface area contributed by atoms with Crippen LogP contribution in [0, 0.1) is 0 Å². The van der Waals surface area contributed by atoms with Gasteiger partial charge in [0, 0.05) is 0 Å². The van der Waals surface area contributed by atoms with Crippen molar-refractivity contribution in [1.29, 1.82) is 0 Å². The molecule has 0 aliphatic rings. The minimum atomic E-state index is -0.284. The van der Waals surface area contributed by atoms with E-state index < -0.39 is 0 Å². The number of hydrogen-bond acceptors (Lipinski definition) is 4. The maximum absolute atomic E-state index is 11.4. The fourth-order valence-corrected chi connectivity index (χ4v) is 1.26. The van der Waals surface area contributed by atoms with Crippen LogP contribution in [-0.2, 0) is 25.9 Å². The zero-order chi connectivity index (χ0) is 12.5. The molecular formula is C12H18NO4+. The second kappa shape index (κ2) is 7.78. The Labute approximate surface area is 100 Å². The molecule has 1 aromatic rings. The number of hydrogen-bond donors (Lipinski definition) is 1. The summed E-state index contributed by atoms with van der Waals surface area (Å²) in [6.07, 6.45) is 0.218. The summed E-state index contributed by atoms with van der Waals surface area (Å²) in [5.74, 6) is -0.284. The summed E-state index contributed by atoms with van der Waals surface area (Å²) >= 11 is 0. The van der Waals surface area contributed by atoms with E-state index in [-0.39, 0.29) is 31.6 Å². The van der Waals surface area contributed by atoms with Crippen molar-refractivity contribution in [3.8, 4) is 0 Å². The molecule has 17 heavy (non-hydrogen) atoms. The van der Waals surface area contributed by atoms with Gasteiger partial charge in [-0.25, -0.2) is 9.78 Å². The molecule has 1 aromatic carbocycles. The molecule has 0 heterocycles. The van der Waals surface area contributed by atoms with Crippen LogP contribution in [0.1, 0.15) is 12.0 Å². The molecule has 0 saturated carbocycles. The molecule has 0 aromatic heterocycles. The number of carbonyl (C=O) groups is 1. The first-order valence-corrected chi connectivity index (χ1v) is 5.40. The van der Waals surface area contributed by atoms with Gasteiger partial charge < -0.3 is 10.5 Å². The van der Waals surface area contributed by atoms with Gasteiger partial charge >= 0.3 is 5.97 Å². The van der Waals surface area contributed by atoms with Crippen LogP contribution < -0.4 is 5.73 Å². The zero-order valence-corrected chi connectivity index (χ0v) is 9.93. The monoisotopic (exact) mass is 240 g/mol. The van der Waals surface area contributed by atoms with Crippen LogP contribution in [0.2, 0.25) is 0 Å². The maximum Gasteiger partial charge on any atom is 0.312 e. The second-order valence-electron chi connectivity index (χ2n) is 3.67. The third-order valence-corrected chi connectivity index (χ3v) is 2.12. The quantitative estimate of drug-likeness (QED) is 0.423. The Bertz CT molecular complexity index is 329. The van der Waals surface area contributed by atoms with Crippen LogP contribution in [-0.4, -0.2) is 25.7 Å². The number of benzene rings is 1. The van der Waals surface area contributed by atoms with E-state index in [0.717, 1.165) is 5.56 Å². The predicted molar refractivity (Wildman–Crippen MR) is 60.5 cm³/mol. The van der Waals surface area contributed by atoms with Gasteiger partial charge in [0.2, 0.25) is 0 Å². The Balaban J connectivity index is 2.21. The number of carbonyl (C=O) groups excluding carboxylic acids is 1. The minimum Gasteiger partial charge on any atom is -0.461 e. The largest absolute Gasteiger partial charge is 0.461 e. The van der Waals surface area contributed by atoms with E-state index in [1.165, 1.54) is 7.11 Å². The van der Waals surface area contributed by atoms with Gasteiger partial charge in [0.05, 0.1) is 13.5 Å². The normalized spacial score (nSPS) is 12.1. The van der Waals surface area contributed by atoms with Crippen molar-refractivity contribution in [3.05, 3.63) is 35.9 Å². The predicted octanol–water partition coefficient (Wildman–Crippen LogP) is 0.308. The fraction of sp³-hybridized carbons (Fsp3) is 0.417. The molecule has 0 amide bonds. The molecule has 0 aliphatic carbocycles. The lowest BCUT2D eigenvalue weighted by atomic mass is 10.2. The molecule has 0 radical (unpaired) electrons. The molecule has 5 heteroatoms. The summed E-state index contributed by atoms with van der Waals surface area (Å²) in [4.78, 5) is 20.6. The number of esters is 1. The topological polar surface area (TPSA) is 72.4 Å². The standard InChI is InChI=1S/C12H17NO4/c1-15-17-9-11(13)7-12(14)16-8-10-5-3-2-4-6-10/h2-6,11H,7-9,13H2,1H3/p+1/t11-/m0/s1. The molecule has 0 unspecified atom stereocenters. The lowest BCUT2D eigenvalue weighted by Crippen LogP contribution is -2.63. The van der Waals surface area contributed by atoms with Crippen molar-refractivity contribution in [1.82, 2.24) is 0 Å². The number of quaternary nitrogens is 1. The molecule has 1 atom stereocenters. The van der Waals surface area contributed by atoms with Gasteiger partial charge in [-0.15, -0.1) is 0 Å². The highest BCUT2D eigenvalue weighted by Crippen LogP contribution is 2.02. The summed E-state index contributed by atoms with van der Waals surface area (Å²) in [5.41, 5.74) is 4.73. The lowest BCUT2D eigenvalue weighted by molar-refractivity contribution is -0.445. The van der Waals surface area contributed by atoms with Crippen molar-refractivity contribution in [2.45, 2.75) is 19.1 Å². The van der Waals surface area contributed by atoms with Crippen LogP contribution in [0.5, 0.6) is 0 Å². The Morgan fingerprint density at radius 1 is 1.35 bits per heavy atom. The first kappa shape index (κ1) is 13.6. The maximum atomic E-state index is 11.4. The van der Waals surface area contributed by atoms with Gasteiger partial charge in [0.1, 0.15) is 19.3 Å². The molecule has 1 rings (SSSR count). The summed E-state index contributed by atoms with van der Waals surface area (Å²) in [7, 11) is 1.42. The van der Waals surface area contributed by atoms with E-state index in [9.17, 15) is 4.79 Å². The van der Waals surface area contributed by atoms with Crippen molar-refractivity contribution in [2.75, 3.05) is 13.7 Å². The van der Waals surface area contributed by atoms with Gasteiger partial charge in [-0.3, -0.25) is 4.79 Å². The van der Waals surface area contributed by atoms with E-state index in [4.69, 9.17) is 4.74 Å². The van der Waals surface area contributed by atoms with Crippen LogP contribution in [0.4, 0.5) is 0 Å². The lowest BCUT2D eigenvalue weighted by Gasteiger charge is -2.08. The van der Waals surface area contributed by atoms with Crippen molar-refractivity contribution < 1.29 is 25.0 Å². The van der Waals surface area contributed by atoms with E-state index >= 15 is 0 Å². The third-order valence-electron chi connectivity index (χ3n) is 2.12. The van der Waals surface area contributed by atoms with E-state index in [1.54, 1.807) is 0 Å². The van der Waals surface area contributed by atoms with Gasteiger partial charge in [0.25, 0.3) is 0 Å². The van der Waals surface area contributed by atoms with Gasteiger partial charge in [-0.1, -0.05) is 30.3 Å². The molecule has 5 nitrogen and oxygen atoms in total. The number of ether oxygens (including phenoxy) is 1. The molecule has 0 saturated heterocycles. The molecule has 0 fully saturated rings. The van der Waals surface area contributed by atoms with E-state index in [2.05, 4.69) is 15.5 Å². The molecule has 0 aliphatic heterocycles. The Kier molecular flexibility index (Phi) is 6.24. The van der Waals surface area contributed by atoms with E-state index in [1.807, 2.05) is 30.3 Å². The third kappa shape index (κ3) is 6.01. The molecular weight excluding hydrogens is 222 g/mol. The van der Waals surface area contributed by atoms with Gasteiger partial charge in [-0.2, -0.15) is 0 Å². The highest BCUT2D eigenvalue weighted by molar-refractivity contribution is 5.69. The van der Waals surface area contributed by atoms with Crippen molar-refractivity contribution >= 4 is 5.97 Å². The van der Waals surface area contributed by atoms with Crippen molar-refractivity contribution in [3.63, 3.8) is 0 Å². The summed E-state index contributed by atoms with van der Waals surface area (Å²) in [5, 5.41) is 0. The molecule has 0 bridgehead atoms. The summed E-state index contributed by atoms with van der Waals surface area (Å²) < 4.78 is 5.10. The Hall–Kier alpha value is -1.43. The van der Waals surface area contributed by atoms with E-state index in [0.29, 0.717) is 0 Å². The minimum absolute atomic E-state index is 0.168. The van der Waals surface area contributed by atoms with Crippen LogP contribution in [0.25, 0.3) is 0 Å². The summed E-state index contributed by atoms with van der Waals surface area (Å²) in [6.45, 7) is 0.564. The SMILES string of the molecule is COOC[C@@H]([NH3+])CC(=O)OCc1ccccc1. The van der Waals surface area contributed by atoms with Gasteiger partial charge in [-0.05, 0) is 5.56 Å². The summed E-state index contributed by atoms with van der Waals surface area (Å²) in [6, 6.07) is 9.36. The molecule has 3 N–H and O–H groups in total. The fourth-order valence-electron chi connectivity index (χ4n) is 1.26. The van der Waals surface area contributed by atoms with Crippen molar-refractivity contribution in [2.24, 2.45) is 0 Å². The smallest absolute Gasteiger partial charge is 0.312 e.